The molecule has 4 rings (SSSR count). The molecule has 3 N–H and O–H groups in total. The second kappa shape index (κ2) is 7.50. The smallest absolute Gasteiger partial charge is 0.406 e. The summed E-state index contributed by atoms with van der Waals surface area (Å²) < 4.78 is 1.76. The van der Waals surface area contributed by atoms with Crippen LogP contribution in [0.25, 0.3) is 22.6 Å². The zero-order chi connectivity index (χ0) is 19.5. The largest absolute Gasteiger partial charge is 0.465 e. The van der Waals surface area contributed by atoms with Crippen LogP contribution in [0.5, 0.6) is 0 Å². The van der Waals surface area contributed by atoms with Gasteiger partial charge in [-0.05, 0) is 17.7 Å². The van der Waals surface area contributed by atoms with Gasteiger partial charge in [0.25, 0.3) is 0 Å². The summed E-state index contributed by atoms with van der Waals surface area (Å²) in [5.41, 5.74) is 3.17. The number of pyridine rings is 1. The Morgan fingerprint density at radius 1 is 0.964 bits per heavy atom. The molecule has 1 unspecified atom stereocenters. The third kappa shape index (κ3) is 3.30. The van der Waals surface area contributed by atoms with Gasteiger partial charge in [-0.15, -0.1) is 0 Å². The maximum Gasteiger partial charge on any atom is 0.406 e. The number of aliphatic hydroxyl groups excluding tert-OH is 1. The predicted molar refractivity (Wildman–Crippen MR) is 105 cm³/mol. The van der Waals surface area contributed by atoms with Crippen molar-refractivity contribution in [3.8, 4) is 11.4 Å². The average molecular weight is 374 g/mol. The highest BCUT2D eigenvalue weighted by atomic mass is 16.4. The Morgan fingerprint density at radius 2 is 1.64 bits per heavy atom. The molecule has 0 aliphatic rings. The molecule has 0 spiro atoms. The number of benzene rings is 2. The zero-order valence-electron chi connectivity index (χ0n) is 14.9. The molecule has 7 heteroatoms. The molecule has 0 saturated heterocycles. The van der Waals surface area contributed by atoms with Crippen molar-refractivity contribution < 1.29 is 15.0 Å². The van der Waals surface area contributed by atoms with Crippen LogP contribution in [0.4, 0.5) is 4.79 Å². The Hall–Kier alpha value is -3.71. The van der Waals surface area contributed by atoms with Gasteiger partial charge in [0.1, 0.15) is 17.5 Å². The number of hydrogen-bond acceptors (Lipinski definition) is 4. The number of nitrogens with zero attached hydrogens (tertiary/aromatic N) is 3. The second-order valence-electron chi connectivity index (χ2n) is 6.24. The monoisotopic (exact) mass is 374 g/mol. The molecule has 2 heterocycles. The molecule has 4 aromatic rings. The fourth-order valence-electron chi connectivity index (χ4n) is 3.19. The fourth-order valence-corrected chi connectivity index (χ4v) is 3.19. The molecule has 1 atom stereocenters. The van der Waals surface area contributed by atoms with Crippen molar-refractivity contribution in [1.82, 2.24) is 19.9 Å². The van der Waals surface area contributed by atoms with E-state index in [-0.39, 0.29) is 6.61 Å². The summed E-state index contributed by atoms with van der Waals surface area (Å²) in [6.07, 6.45) is -1.90. The highest BCUT2D eigenvalue weighted by Crippen LogP contribution is 2.30. The molecule has 28 heavy (non-hydrogen) atoms. The fraction of sp³-hybridized carbons (Fsp3) is 0.0952. The van der Waals surface area contributed by atoms with E-state index in [9.17, 15) is 15.0 Å². The normalized spacial score (nSPS) is 12.0. The van der Waals surface area contributed by atoms with Crippen molar-refractivity contribution in [2.75, 3.05) is 0 Å². The molecule has 140 valence electrons. The van der Waals surface area contributed by atoms with Gasteiger partial charge in [-0.25, -0.2) is 14.8 Å². The Morgan fingerprint density at radius 3 is 2.29 bits per heavy atom. The molecule has 2 aromatic heterocycles. The molecular formula is C21H18N4O3. The average Bonchev–Trinajstić information content (AvgIpc) is 3.11. The lowest BCUT2D eigenvalue weighted by atomic mass is 10.1. The SMILES string of the molecule is O=C(O)NC(c1ccccc1)n1c(-c2ccccc2)nc2ccc(CO)nc21. The number of aromatic nitrogens is 3. The van der Waals surface area contributed by atoms with Crippen LogP contribution in [0.2, 0.25) is 0 Å². The number of amides is 1. The van der Waals surface area contributed by atoms with E-state index in [1.165, 1.54) is 0 Å². The quantitative estimate of drug-likeness (QED) is 0.497. The molecule has 0 aliphatic heterocycles. The van der Waals surface area contributed by atoms with Crippen LogP contribution >= 0.6 is 0 Å². The van der Waals surface area contributed by atoms with Crippen LogP contribution in [-0.4, -0.2) is 30.8 Å². The van der Waals surface area contributed by atoms with E-state index >= 15 is 0 Å². The van der Waals surface area contributed by atoms with Crippen molar-refractivity contribution in [2.24, 2.45) is 0 Å². The van der Waals surface area contributed by atoms with Crippen molar-refractivity contribution in [2.45, 2.75) is 12.8 Å². The number of imidazole rings is 1. The van der Waals surface area contributed by atoms with Gasteiger partial charge in [0.05, 0.1) is 12.3 Å². The summed E-state index contributed by atoms with van der Waals surface area (Å²) in [4.78, 5) is 20.8. The van der Waals surface area contributed by atoms with Crippen molar-refractivity contribution in [1.29, 1.82) is 0 Å². The minimum Gasteiger partial charge on any atom is -0.465 e. The molecule has 0 radical (unpaired) electrons. The van der Waals surface area contributed by atoms with Crippen LogP contribution in [0.3, 0.4) is 0 Å². The zero-order valence-corrected chi connectivity index (χ0v) is 14.9. The van der Waals surface area contributed by atoms with E-state index in [2.05, 4.69) is 10.3 Å². The van der Waals surface area contributed by atoms with Gasteiger partial charge < -0.3 is 10.2 Å². The van der Waals surface area contributed by atoms with Gasteiger partial charge in [-0.2, -0.15) is 0 Å². The van der Waals surface area contributed by atoms with Gasteiger partial charge in [-0.1, -0.05) is 60.7 Å². The third-order valence-corrected chi connectivity index (χ3v) is 4.42. The van der Waals surface area contributed by atoms with E-state index in [4.69, 9.17) is 4.98 Å². The first-order chi connectivity index (χ1) is 13.7. The number of fused-ring (bicyclic) bond motifs is 1. The van der Waals surface area contributed by atoms with Crippen LogP contribution in [-0.2, 0) is 6.61 Å². The molecule has 0 bridgehead atoms. The van der Waals surface area contributed by atoms with E-state index in [1.54, 1.807) is 16.7 Å². The Bertz CT molecular complexity index is 1110. The van der Waals surface area contributed by atoms with Gasteiger partial charge in [0.2, 0.25) is 0 Å². The summed E-state index contributed by atoms with van der Waals surface area (Å²) in [6.45, 7) is -0.218. The summed E-state index contributed by atoms with van der Waals surface area (Å²) in [7, 11) is 0. The van der Waals surface area contributed by atoms with Crippen LogP contribution in [0.15, 0.2) is 72.8 Å². The minimum atomic E-state index is -1.16. The van der Waals surface area contributed by atoms with Gasteiger partial charge >= 0.3 is 6.09 Å². The summed E-state index contributed by atoms with van der Waals surface area (Å²) in [6, 6.07) is 22.3. The van der Waals surface area contributed by atoms with Crippen LogP contribution in [0, 0.1) is 0 Å². The van der Waals surface area contributed by atoms with Gasteiger partial charge in [0, 0.05) is 5.56 Å². The van der Waals surface area contributed by atoms with Gasteiger partial charge in [-0.3, -0.25) is 9.88 Å². The lowest BCUT2D eigenvalue weighted by molar-refractivity contribution is 0.188. The molecular weight excluding hydrogens is 356 g/mol. The first-order valence-corrected chi connectivity index (χ1v) is 8.76. The lowest BCUT2D eigenvalue weighted by Crippen LogP contribution is -2.32. The number of carbonyl (C=O) groups is 1. The van der Waals surface area contributed by atoms with E-state index in [0.29, 0.717) is 22.7 Å². The maximum atomic E-state index is 11.6. The second-order valence-corrected chi connectivity index (χ2v) is 6.24. The molecule has 0 saturated carbocycles. The van der Waals surface area contributed by atoms with E-state index in [1.807, 2.05) is 60.7 Å². The lowest BCUT2D eigenvalue weighted by Gasteiger charge is -2.22. The first kappa shape index (κ1) is 17.7. The van der Waals surface area contributed by atoms with Crippen molar-refractivity contribution in [3.05, 3.63) is 84.1 Å². The number of rotatable bonds is 5. The summed E-state index contributed by atoms with van der Waals surface area (Å²) >= 11 is 0. The Balaban J connectivity index is 2.02. The number of carboxylic acid groups (broad SMARTS) is 1. The number of nitrogens with one attached hydrogen (secondary N) is 1. The molecule has 0 fully saturated rings. The first-order valence-electron chi connectivity index (χ1n) is 8.76. The van der Waals surface area contributed by atoms with Crippen molar-refractivity contribution in [3.63, 3.8) is 0 Å². The highest BCUT2D eigenvalue weighted by Gasteiger charge is 2.24. The molecule has 0 aliphatic carbocycles. The summed E-state index contributed by atoms with van der Waals surface area (Å²) in [5.74, 6) is 0.584. The van der Waals surface area contributed by atoms with Gasteiger partial charge in [0.15, 0.2) is 5.65 Å². The topological polar surface area (TPSA) is 100 Å². The third-order valence-electron chi connectivity index (χ3n) is 4.42. The maximum absolute atomic E-state index is 11.6. The Labute approximate surface area is 160 Å². The molecule has 7 nitrogen and oxygen atoms in total. The highest BCUT2D eigenvalue weighted by molar-refractivity contribution is 5.78. The molecule has 2 aromatic carbocycles. The predicted octanol–water partition coefficient (Wildman–Crippen LogP) is 3.41. The summed E-state index contributed by atoms with van der Waals surface area (Å²) in [5, 5.41) is 21.6. The van der Waals surface area contributed by atoms with E-state index in [0.717, 1.165) is 11.1 Å². The standard InChI is InChI=1S/C21H18N4O3/c26-13-16-11-12-17-20(22-16)25(18(23-17)14-7-3-1-4-8-14)19(24-21(27)28)15-9-5-2-6-10-15/h1-12,19,24,26H,13H2,(H,27,28). The van der Waals surface area contributed by atoms with Crippen molar-refractivity contribution >= 4 is 17.3 Å². The number of aliphatic hydroxyl groups is 1. The Kier molecular flexibility index (Phi) is 4.74. The number of hydrogen-bond donors (Lipinski definition) is 3. The van der Waals surface area contributed by atoms with Crippen LogP contribution < -0.4 is 5.32 Å². The van der Waals surface area contributed by atoms with Crippen LogP contribution in [0.1, 0.15) is 17.4 Å². The van der Waals surface area contributed by atoms with E-state index < -0.39 is 12.3 Å². The molecule has 1 amide bonds. The minimum absolute atomic E-state index is 0.218.